The van der Waals surface area contributed by atoms with Gasteiger partial charge < -0.3 is 9.73 Å². The van der Waals surface area contributed by atoms with E-state index < -0.39 is 5.54 Å². The van der Waals surface area contributed by atoms with Crippen LogP contribution in [-0.2, 0) is 17.9 Å². The average molecular weight is 357 g/mol. The Morgan fingerprint density at radius 1 is 1.28 bits per heavy atom. The minimum atomic E-state index is -0.686. The van der Waals surface area contributed by atoms with E-state index in [1.807, 2.05) is 28.5 Å². The Kier molecular flexibility index (Phi) is 5.90. The lowest BCUT2D eigenvalue weighted by Gasteiger charge is -2.32. The van der Waals surface area contributed by atoms with Gasteiger partial charge in [0.2, 0.25) is 5.91 Å². The number of furan rings is 1. The minimum absolute atomic E-state index is 0.0911. The lowest BCUT2D eigenvalue weighted by molar-refractivity contribution is -0.124. The minimum Gasteiger partial charge on any atom is -0.468 e. The van der Waals surface area contributed by atoms with Crippen LogP contribution in [0.25, 0.3) is 0 Å². The molecule has 1 aliphatic rings. The maximum Gasteiger partial charge on any atom is 0.235 e. The SMILES string of the molecule is N#CC1(NC(=O)CN(Cc2ccco2)Cc2cccs2)CCCCC1. The predicted octanol–water partition coefficient (Wildman–Crippen LogP) is 3.69. The smallest absolute Gasteiger partial charge is 0.235 e. The normalized spacial score (nSPS) is 16.5. The van der Waals surface area contributed by atoms with Crippen molar-refractivity contribution < 1.29 is 9.21 Å². The maximum atomic E-state index is 12.6. The Bertz CT molecular complexity index is 661. The van der Waals surface area contributed by atoms with Crippen molar-refractivity contribution in [1.29, 1.82) is 5.26 Å². The lowest BCUT2D eigenvalue weighted by Crippen LogP contribution is -2.51. The number of nitriles is 1. The van der Waals surface area contributed by atoms with E-state index in [2.05, 4.69) is 17.5 Å². The number of carbonyl (C=O) groups excluding carboxylic acids is 1. The van der Waals surface area contributed by atoms with E-state index in [1.54, 1.807) is 17.6 Å². The summed E-state index contributed by atoms with van der Waals surface area (Å²) in [6.07, 6.45) is 6.28. The zero-order valence-corrected chi connectivity index (χ0v) is 15.1. The predicted molar refractivity (Wildman–Crippen MR) is 96.7 cm³/mol. The van der Waals surface area contributed by atoms with Crippen molar-refractivity contribution in [2.75, 3.05) is 6.54 Å². The molecule has 1 aliphatic carbocycles. The molecule has 0 bridgehead atoms. The molecule has 2 aromatic heterocycles. The Morgan fingerprint density at radius 3 is 2.76 bits per heavy atom. The first-order valence-corrected chi connectivity index (χ1v) is 9.56. The molecule has 0 spiro atoms. The Morgan fingerprint density at radius 2 is 2.12 bits per heavy atom. The summed E-state index contributed by atoms with van der Waals surface area (Å²) in [6, 6.07) is 10.2. The van der Waals surface area contributed by atoms with Crippen LogP contribution in [0, 0.1) is 11.3 Å². The number of hydrogen-bond donors (Lipinski definition) is 1. The third kappa shape index (κ3) is 4.94. The first-order chi connectivity index (χ1) is 12.2. The van der Waals surface area contributed by atoms with Crippen LogP contribution in [0.3, 0.4) is 0 Å². The van der Waals surface area contributed by atoms with E-state index in [0.29, 0.717) is 13.1 Å². The first-order valence-electron chi connectivity index (χ1n) is 8.68. The zero-order valence-electron chi connectivity index (χ0n) is 14.2. The van der Waals surface area contributed by atoms with Crippen molar-refractivity contribution in [3.63, 3.8) is 0 Å². The molecule has 1 saturated carbocycles. The fraction of sp³-hybridized carbons (Fsp3) is 0.474. The third-order valence-electron chi connectivity index (χ3n) is 4.59. The molecular weight excluding hydrogens is 334 g/mol. The molecule has 0 aliphatic heterocycles. The average Bonchev–Trinajstić information content (AvgIpc) is 3.29. The number of nitrogens with zero attached hydrogens (tertiary/aromatic N) is 2. The van der Waals surface area contributed by atoms with Crippen LogP contribution in [-0.4, -0.2) is 22.9 Å². The second-order valence-electron chi connectivity index (χ2n) is 6.61. The zero-order chi connectivity index (χ0) is 17.5. The monoisotopic (exact) mass is 357 g/mol. The quantitative estimate of drug-likeness (QED) is 0.820. The van der Waals surface area contributed by atoms with Gasteiger partial charge in [-0.2, -0.15) is 5.26 Å². The summed E-state index contributed by atoms with van der Waals surface area (Å²) in [5, 5.41) is 14.6. The van der Waals surface area contributed by atoms with Gasteiger partial charge in [0, 0.05) is 11.4 Å². The van der Waals surface area contributed by atoms with Gasteiger partial charge in [0.1, 0.15) is 11.3 Å². The standard InChI is InChI=1S/C19H23N3O2S/c20-15-19(8-2-1-3-9-19)21-18(23)14-22(12-16-6-4-10-24-16)13-17-7-5-11-25-17/h4-7,10-11H,1-3,8-9,12-14H2,(H,21,23). The van der Waals surface area contributed by atoms with Gasteiger partial charge in [-0.3, -0.25) is 9.69 Å². The molecule has 0 atom stereocenters. The number of amides is 1. The van der Waals surface area contributed by atoms with Crippen LogP contribution in [0.2, 0.25) is 0 Å². The van der Waals surface area contributed by atoms with Gasteiger partial charge in [-0.25, -0.2) is 0 Å². The van der Waals surface area contributed by atoms with Crippen LogP contribution in [0.5, 0.6) is 0 Å². The molecule has 2 heterocycles. The van der Waals surface area contributed by atoms with E-state index in [1.165, 1.54) is 4.88 Å². The molecule has 25 heavy (non-hydrogen) atoms. The van der Waals surface area contributed by atoms with Crippen molar-refractivity contribution in [3.8, 4) is 6.07 Å². The molecule has 2 aromatic rings. The summed E-state index contributed by atoms with van der Waals surface area (Å²) in [5.41, 5.74) is -0.686. The molecule has 3 rings (SSSR count). The molecule has 1 N–H and O–H groups in total. The molecule has 6 heteroatoms. The molecule has 5 nitrogen and oxygen atoms in total. The molecule has 1 amide bonds. The fourth-order valence-electron chi connectivity index (χ4n) is 3.34. The Labute approximate surface area is 152 Å². The Balaban J connectivity index is 1.64. The van der Waals surface area contributed by atoms with Gasteiger partial charge in [-0.05, 0) is 36.4 Å². The van der Waals surface area contributed by atoms with Gasteiger partial charge in [-0.15, -0.1) is 11.3 Å². The van der Waals surface area contributed by atoms with Crippen LogP contribution in [0.1, 0.15) is 42.7 Å². The largest absolute Gasteiger partial charge is 0.468 e. The van der Waals surface area contributed by atoms with E-state index in [4.69, 9.17) is 4.42 Å². The summed E-state index contributed by atoms with van der Waals surface area (Å²) in [6.45, 7) is 1.51. The van der Waals surface area contributed by atoms with Crippen molar-refractivity contribution in [1.82, 2.24) is 10.2 Å². The number of carbonyl (C=O) groups is 1. The molecule has 0 unspecified atom stereocenters. The van der Waals surface area contributed by atoms with Crippen LogP contribution in [0.4, 0.5) is 0 Å². The summed E-state index contributed by atoms with van der Waals surface area (Å²) in [5.74, 6) is 0.739. The number of thiophene rings is 1. The highest BCUT2D eigenvalue weighted by atomic mass is 32.1. The highest BCUT2D eigenvalue weighted by Gasteiger charge is 2.33. The van der Waals surface area contributed by atoms with Crippen LogP contribution in [0.15, 0.2) is 40.3 Å². The molecule has 1 fully saturated rings. The summed E-state index contributed by atoms with van der Waals surface area (Å²) < 4.78 is 5.43. The second-order valence-corrected chi connectivity index (χ2v) is 7.64. The molecular formula is C19H23N3O2S. The number of hydrogen-bond acceptors (Lipinski definition) is 5. The van der Waals surface area contributed by atoms with Crippen molar-refractivity contribution in [3.05, 3.63) is 46.5 Å². The Hall–Kier alpha value is -2.10. The fourth-order valence-corrected chi connectivity index (χ4v) is 4.09. The number of nitrogens with one attached hydrogen (secondary N) is 1. The van der Waals surface area contributed by atoms with E-state index in [9.17, 15) is 10.1 Å². The lowest BCUT2D eigenvalue weighted by atomic mass is 9.83. The topological polar surface area (TPSA) is 69.3 Å². The molecule has 132 valence electrons. The van der Waals surface area contributed by atoms with Gasteiger partial charge >= 0.3 is 0 Å². The summed E-state index contributed by atoms with van der Waals surface area (Å²) in [4.78, 5) is 15.9. The molecule has 0 radical (unpaired) electrons. The van der Waals surface area contributed by atoms with Crippen molar-refractivity contribution in [2.45, 2.75) is 50.7 Å². The van der Waals surface area contributed by atoms with Gasteiger partial charge in [0.05, 0.1) is 25.4 Å². The van der Waals surface area contributed by atoms with E-state index in [0.717, 1.165) is 37.9 Å². The summed E-state index contributed by atoms with van der Waals surface area (Å²) >= 11 is 1.67. The maximum absolute atomic E-state index is 12.6. The third-order valence-corrected chi connectivity index (χ3v) is 5.45. The van der Waals surface area contributed by atoms with Crippen molar-refractivity contribution in [2.24, 2.45) is 0 Å². The molecule has 0 aromatic carbocycles. The second kappa shape index (κ2) is 8.32. The molecule has 0 saturated heterocycles. The van der Waals surface area contributed by atoms with Gasteiger partial charge in [0.25, 0.3) is 0 Å². The van der Waals surface area contributed by atoms with Crippen LogP contribution < -0.4 is 5.32 Å². The number of rotatable bonds is 7. The van der Waals surface area contributed by atoms with E-state index >= 15 is 0 Å². The highest BCUT2D eigenvalue weighted by molar-refractivity contribution is 7.09. The van der Waals surface area contributed by atoms with Crippen LogP contribution >= 0.6 is 11.3 Å². The van der Waals surface area contributed by atoms with Gasteiger partial charge in [0.15, 0.2) is 0 Å². The van der Waals surface area contributed by atoms with Crippen molar-refractivity contribution >= 4 is 17.2 Å². The van der Waals surface area contributed by atoms with Gasteiger partial charge in [-0.1, -0.05) is 25.3 Å². The summed E-state index contributed by atoms with van der Waals surface area (Å²) in [7, 11) is 0. The van der Waals surface area contributed by atoms with E-state index in [-0.39, 0.29) is 12.5 Å². The highest BCUT2D eigenvalue weighted by Crippen LogP contribution is 2.27. The first kappa shape index (κ1) is 17.7.